The van der Waals surface area contributed by atoms with E-state index in [4.69, 9.17) is 0 Å². The molecule has 3 heteroatoms. The standard InChI is InChI=1S/C2H4F2O.C2H6/c1-5-2(3)4;1-2/h2H,1H3;1-2H3. The molecule has 7 heavy (non-hydrogen) atoms. The van der Waals surface area contributed by atoms with Crippen LogP contribution >= 0.6 is 0 Å². The highest BCUT2D eigenvalue weighted by atomic mass is 19.3. The van der Waals surface area contributed by atoms with E-state index in [1.807, 2.05) is 13.8 Å². The molecule has 0 heterocycles. The number of rotatable bonds is 1. The van der Waals surface area contributed by atoms with Crippen LogP contribution in [-0.2, 0) is 4.74 Å². The Morgan fingerprint density at radius 2 is 1.43 bits per heavy atom. The summed E-state index contributed by atoms with van der Waals surface area (Å²) in [5.74, 6) is 0. The Hall–Kier alpha value is -0.180. The van der Waals surface area contributed by atoms with Gasteiger partial charge in [-0.2, -0.15) is 8.78 Å². The van der Waals surface area contributed by atoms with Crippen molar-refractivity contribution in [3.63, 3.8) is 0 Å². The summed E-state index contributed by atoms with van der Waals surface area (Å²) in [7, 11) is 0.949. The van der Waals surface area contributed by atoms with Crippen molar-refractivity contribution >= 4 is 0 Å². The highest BCUT2D eigenvalue weighted by Crippen LogP contribution is 1.87. The number of hydrogen-bond donors (Lipinski definition) is 0. The molecule has 0 aliphatic rings. The second kappa shape index (κ2) is 9.27. The van der Waals surface area contributed by atoms with Gasteiger partial charge >= 0.3 is 6.61 Å². The third kappa shape index (κ3) is 25.6. The number of halogens is 2. The summed E-state index contributed by atoms with van der Waals surface area (Å²) in [5.41, 5.74) is 0. The van der Waals surface area contributed by atoms with Crippen LogP contribution in [0.25, 0.3) is 0 Å². The van der Waals surface area contributed by atoms with Crippen LogP contribution in [0.2, 0.25) is 0 Å². The van der Waals surface area contributed by atoms with Crippen LogP contribution in [0.3, 0.4) is 0 Å². The van der Waals surface area contributed by atoms with Gasteiger partial charge in [0, 0.05) is 7.11 Å². The molecule has 0 fully saturated rings. The summed E-state index contributed by atoms with van der Waals surface area (Å²) in [6.45, 7) is 1.38. The second-order valence-corrected chi connectivity index (χ2v) is 0.496. The van der Waals surface area contributed by atoms with Crippen molar-refractivity contribution in [2.24, 2.45) is 0 Å². The van der Waals surface area contributed by atoms with Crippen LogP contribution in [0.15, 0.2) is 0 Å². The number of alkyl halides is 2. The normalized spacial score (nSPS) is 7.71. The molecule has 0 unspecified atom stereocenters. The largest absolute Gasteiger partial charge is 0.345 e. The van der Waals surface area contributed by atoms with Gasteiger partial charge in [-0.1, -0.05) is 13.8 Å². The van der Waals surface area contributed by atoms with Crippen LogP contribution in [-0.4, -0.2) is 13.7 Å². The lowest BCUT2D eigenvalue weighted by atomic mass is 11.0. The fourth-order valence-corrected chi connectivity index (χ4v) is 0. The molecule has 0 amide bonds. The van der Waals surface area contributed by atoms with E-state index >= 15 is 0 Å². The van der Waals surface area contributed by atoms with E-state index in [9.17, 15) is 8.78 Å². The maximum Gasteiger partial charge on any atom is 0.345 e. The third-order valence-corrected chi connectivity index (χ3v) is 0.178. The van der Waals surface area contributed by atoms with Crippen LogP contribution in [0.4, 0.5) is 8.78 Å². The van der Waals surface area contributed by atoms with E-state index < -0.39 is 6.61 Å². The van der Waals surface area contributed by atoms with E-state index in [1.165, 1.54) is 0 Å². The monoisotopic (exact) mass is 112 g/mol. The minimum absolute atomic E-state index is 0.949. The van der Waals surface area contributed by atoms with Gasteiger partial charge in [0.25, 0.3) is 0 Å². The molecule has 0 N–H and O–H groups in total. The average Bonchev–Trinajstić information content (AvgIpc) is 1.73. The summed E-state index contributed by atoms with van der Waals surface area (Å²) >= 11 is 0. The van der Waals surface area contributed by atoms with Gasteiger partial charge in [-0.05, 0) is 0 Å². The number of ether oxygens (including phenoxy) is 1. The van der Waals surface area contributed by atoms with Crippen LogP contribution in [0.5, 0.6) is 0 Å². The predicted molar refractivity (Wildman–Crippen MR) is 24.4 cm³/mol. The molecule has 0 spiro atoms. The van der Waals surface area contributed by atoms with E-state index in [0.29, 0.717) is 0 Å². The molecule has 0 rings (SSSR count). The van der Waals surface area contributed by atoms with Crippen molar-refractivity contribution in [2.45, 2.75) is 20.5 Å². The van der Waals surface area contributed by atoms with Crippen molar-refractivity contribution in [3.05, 3.63) is 0 Å². The van der Waals surface area contributed by atoms with Gasteiger partial charge in [-0.3, -0.25) is 0 Å². The highest BCUT2D eigenvalue weighted by molar-refractivity contribution is 3.94. The van der Waals surface area contributed by atoms with Gasteiger partial charge in [0.15, 0.2) is 0 Å². The van der Waals surface area contributed by atoms with E-state index in [2.05, 4.69) is 4.74 Å². The molecule has 1 nitrogen and oxygen atoms in total. The molecule has 0 aliphatic carbocycles. The van der Waals surface area contributed by atoms with E-state index in [0.717, 1.165) is 7.11 Å². The molecule has 0 radical (unpaired) electrons. The number of hydrogen-bond acceptors (Lipinski definition) is 1. The smallest absolute Gasteiger partial charge is 0.326 e. The van der Waals surface area contributed by atoms with Gasteiger partial charge in [-0.25, -0.2) is 0 Å². The van der Waals surface area contributed by atoms with Crippen molar-refractivity contribution in [1.29, 1.82) is 0 Å². The van der Waals surface area contributed by atoms with Crippen molar-refractivity contribution < 1.29 is 13.5 Å². The zero-order valence-electron chi connectivity index (χ0n) is 4.74. The van der Waals surface area contributed by atoms with Gasteiger partial charge < -0.3 is 4.74 Å². The van der Waals surface area contributed by atoms with Gasteiger partial charge in [0.2, 0.25) is 0 Å². The molecule has 0 aromatic carbocycles. The molecule has 0 saturated heterocycles. The minimum atomic E-state index is -2.62. The van der Waals surface area contributed by atoms with Gasteiger partial charge in [0.1, 0.15) is 0 Å². The maximum absolute atomic E-state index is 10.5. The molecule has 0 atom stereocenters. The zero-order chi connectivity index (χ0) is 6.28. The highest BCUT2D eigenvalue weighted by Gasteiger charge is 1.90. The molecule has 0 aromatic rings. The Morgan fingerprint density at radius 3 is 1.43 bits per heavy atom. The first-order valence-electron chi connectivity index (χ1n) is 2.08. The first-order valence-corrected chi connectivity index (χ1v) is 2.08. The summed E-state index contributed by atoms with van der Waals surface area (Å²) < 4.78 is 24.5. The zero-order valence-corrected chi connectivity index (χ0v) is 4.74. The fourth-order valence-electron chi connectivity index (χ4n) is 0. The lowest BCUT2D eigenvalue weighted by Gasteiger charge is -1.85. The minimum Gasteiger partial charge on any atom is -0.326 e. The number of methoxy groups -OCH3 is 1. The third-order valence-electron chi connectivity index (χ3n) is 0.178. The molecule has 0 aromatic heterocycles. The Labute approximate surface area is 42.3 Å². The fraction of sp³-hybridized carbons (Fsp3) is 1.00. The topological polar surface area (TPSA) is 9.23 Å². The van der Waals surface area contributed by atoms with Gasteiger partial charge in [0.05, 0.1) is 0 Å². The molecule has 0 saturated carbocycles. The summed E-state index contributed by atoms with van der Waals surface area (Å²) in [6.07, 6.45) is 0. The summed E-state index contributed by atoms with van der Waals surface area (Å²) in [4.78, 5) is 0. The first-order chi connectivity index (χ1) is 3.27. The molecular formula is C4H10F2O. The second-order valence-electron chi connectivity index (χ2n) is 0.496. The van der Waals surface area contributed by atoms with Crippen LogP contribution in [0, 0.1) is 0 Å². The Balaban J connectivity index is 0. The quantitative estimate of drug-likeness (QED) is 0.503. The first kappa shape index (κ1) is 9.94. The van der Waals surface area contributed by atoms with Crippen molar-refractivity contribution in [2.75, 3.05) is 7.11 Å². The Morgan fingerprint density at radius 1 is 1.29 bits per heavy atom. The summed E-state index contributed by atoms with van der Waals surface area (Å²) in [6, 6.07) is 0. The lowest BCUT2D eigenvalue weighted by Crippen LogP contribution is -1.89. The van der Waals surface area contributed by atoms with Crippen molar-refractivity contribution in [3.8, 4) is 0 Å². The van der Waals surface area contributed by atoms with Crippen LogP contribution < -0.4 is 0 Å². The van der Waals surface area contributed by atoms with Gasteiger partial charge in [-0.15, -0.1) is 0 Å². The maximum atomic E-state index is 10.5. The molecule has 0 aliphatic heterocycles. The van der Waals surface area contributed by atoms with Crippen LogP contribution in [0.1, 0.15) is 13.8 Å². The lowest BCUT2D eigenvalue weighted by molar-refractivity contribution is -0.105. The molecule has 46 valence electrons. The Kier molecular flexibility index (Phi) is 13.2. The predicted octanol–water partition coefficient (Wildman–Crippen LogP) is 1.88. The molecular weight excluding hydrogens is 102 g/mol. The average molecular weight is 112 g/mol. The van der Waals surface area contributed by atoms with E-state index in [-0.39, 0.29) is 0 Å². The summed E-state index contributed by atoms with van der Waals surface area (Å²) in [5, 5.41) is 0. The Bertz CT molecular complexity index is 23.7. The molecule has 0 bridgehead atoms. The van der Waals surface area contributed by atoms with Crippen molar-refractivity contribution in [1.82, 2.24) is 0 Å². The van der Waals surface area contributed by atoms with E-state index in [1.54, 1.807) is 0 Å². The SMILES string of the molecule is CC.COC(F)F.